The van der Waals surface area contributed by atoms with E-state index in [0.29, 0.717) is 19.4 Å². The highest BCUT2D eigenvalue weighted by atomic mass is 16.8. The maximum atomic E-state index is 11.0. The van der Waals surface area contributed by atoms with Crippen LogP contribution >= 0.6 is 0 Å². The molecule has 0 unspecified atom stereocenters. The maximum absolute atomic E-state index is 11.0. The highest BCUT2D eigenvalue weighted by Crippen LogP contribution is 2.34. The van der Waals surface area contributed by atoms with Crippen LogP contribution in [-0.4, -0.2) is 229 Å². The van der Waals surface area contributed by atoms with Crippen LogP contribution in [0.15, 0.2) is 0 Å². The molecule has 15 N–H and O–H groups in total. The number of hydrogen-bond donors (Lipinski definition) is 14. The van der Waals surface area contributed by atoms with E-state index in [1.54, 1.807) is 0 Å². The Hall–Kier alpha value is -0.880. The second-order valence-corrected chi connectivity index (χ2v) is 12.5. The summed E-state index contributed by atoms with van der Waals surface area (Å²) in [6, 6.07) is 0. The molecule has 22 heteroatoms. The number of rotatable bonds is 15. The van der Waals surface area contributed by atoms with Gasteiger partial charge in [0.15, 0.2) is 25.2 Å². The molecule has 4 rings (SSSR count). The van der Waals surface area contributed by atoms with Crippen LogP contribution in [0.4, 0.5) is 0 Å². The lowest BCUT2D eigenvalue weighted by atomic mass is 9.95. The van der Waals surface area contributed by atoms with E-state index in [-0.39, 0.29) is 6.61 Å². The predicted octanol–water partition coefficient (Wildman–Crippen LogP) is -8.99. The molecule has 4 aliphatic rings. The predicted molar refractivity (Wildman–Crippen MR) is 156 cm³/mol. The first-order chi connectivity index (χ1) is 23.8. The number of nitrogens with two attached hydrogens (primary N) is 1. The second-order valence-electron chi connectivity index (χ2n) is 12.5. The van der Waals surface area contributed by atoms with E-state index in [9.17, 15) is 66.4 Å². The summed E-state index contributed by atoms with van der Waals surface area (Å²) in [4.78, 5) is 0. The van der Waals surface area contributed by atoms with E-state index in [1.165, 1.54) is 0 Å². The van der Waals surface area contributed by atoms with Crippen molar-refractivity contribution in [3.63, 3.8) is 0 Å². The van der Waals surface area contributed by atoms with E-state index in [1.807, 2.05) is 0 Å². The van der Waals surface area contributed by atoms with Gasteiger partial charge in [0.05, 0.1) is 26.4 Å². The van der Waals surface area contributed by atoms with E-state index in [0.717, 1.165) is 0 Å². The summed E-state index contributed by atoms with van der Waals surface area (Å²) in [5.41, 5.74) is 5.45. The molecule has 0 aliphatic carbocycles. The van der Waals surface area contributed by atoms with Crippen LogP contribution in [0.5, 0.6) is 0 Å². The molecule has 0 aromatic rings. The number of hydrogen-bond acceptors (Lipinski definition) is 22. The fourth-order valence-corrected chi connectivity index (χ4v) is 6.11. The van der Waals surface area contributed by atoms with Gasteiger partial charge in [-0.3, -0.25) is 0 Å². The molecule has 4 saturated heterocycles. The van der Waals surface area contributed by atoms with Gasteiger partial charge in [0.2, 0.25) is 0 Å². The zero-order chi connectivity index (χ0) is 36.9. The Bertz CT molecular complexity index is 997. The Morgan fingerprint density at radius 2 is 0.740 bits per heavy atom. The summed E-state index contributed by atoms with van der Waals surface area (Å²) in [6.45, 7) is -2.75. The third kappa shape index (κ3) is 9.07. The Labute approximate surface area is 285 Å². The van der Waals surface area contributed by atoms with Crippen LogP contribution in [0, 0.1) is 0 Å². The minimum Gasteiger partial charge on any atom is -0.394 e. The third-order valence-corrected chi connectivity index (χ3v) is 9.06. The molecule has 294 valence electrons. The highest BCUT2D eigenvalue weighted by molar-refractivity contribution is 4.97. The minimum atomic E-state index is -2.02. The molecule has 0 spiro atoms. The van der Waals surface area contributed by atoms with Gasteiger partial charge in [-0.1, -0.05) is 0 Å². The molecule has 0 radical (unpaired) electrons. The molecule has 0 amide bonds. The Balaban J connectivity index is 1.40. The summed E-state index contributed by atoms with van der Waals surface area (Å²) in [5.74, 6) is 0. The van der Waals surface area contributed by atoms with Crippen molar-refractivity contribution in [3.8, 4) is 0 Å². The molecule has 0 saturated carbocycles. The zero-order valence-corrected chi connectivity index (χ0v) is 26.9. The van der Waals surface area contributed by atoms with Crippen molar-refractivity contribution >= 4 is 0 Å². The van der Waals surface area contributed by atoms with Gasteiger partial charge in [-0.25, -0.2) is 0 Å². The molecule has 0 bridgehead atoms. The first kappa shape index (κ1) is 41.9. The van der Waals surface area contributed by atoms with Gasteiger partial charge >= 0.3 is 0 Å². The molecule has 0 aromatic heterocycles. The first-order valence-corrected chi connectivity index (χ1v) is 16.3. The number of aliphatic hydroxyl groups is 13. The van der Waals surface area contributed by atoms with E-state index >= 15 is 0 Å². The SMILES string of the molecule is NCCCCO[C@H]1O[C@H](CO)[C@@H](O[C@@H]2O[C@H](CO)[C@@H](O[C@@H]3O[C@H](CO)[C@@H](O[C@H]4O[C@H](CO)[C@H](O)[C@H](O)[C@H]4O)[C@H](O)[C@H]3O)[C@H](O)[C@H]2O)[C@H](O)[C@H]1O. The summed E-state index contributed by atoms with van der Waals surface area (Å²) in [5, 5.41) is 135. The van der Waals surface area contributed by atoms with Crippen molar-refractivity contribution in [2.45, 2.75) is 136 Å². The molecule has 0 aromatic carbocycles. The lowest BCUT2D eigenvalue weighted by Crippen LogP contribution is -2.67. The molecule has 22 nitrogen and oxygen atoms in total. The van der Waals surface area contributed by atoms with Gasteiger partial charge in [-0.15, -0.1) is 0 Å². The standard InChI is InChI=1S/C28H51NO21/c29-3-1-2-4-43-25-19(40)15(36)22(10(6-31)45-25)49-27-21(42)17(38)24(12(8-33)47-27)50-28-20(41)16(37)23(11(7-32)46-28)48-26-18(39)14(35)13(34)9(5-30)44-26/h9-28,30-42H,1-8,29H2/t9-,10-,11-,12-,13+,14+,15-,16-,17-,18-,19-,20-,21-,22-,23-,24-,25+,26-,27+,28+/m1/s1. The number of unbranched alkanes of at least 4 members (excludes halogenated alkanes) is 1. The van der Waals surface area contributed by atoms with Crippen molar-refractivity contribution in [2.75, 3.05) is 39.6 Å². The summed E-state index contributed by atoms with van der Waals surface area (Å²) < 4.78 is 44.2. The molecular weight excluding hydrogens is 686 g/mol. The molecule has 50 heavy (non-hydrogen) atoms. The fraction of sp³-hybridized carbons (Fsp3) is 1.00. The van der Waals surface area contributed by atoms with Gasteiger partial charge in [0, 0.05) is 6.61 Å². The van der Waals surface area contributed by atoms with Gasteiger partial charge in [0.1, 0.15) is 97.7 Å². The molecular formula is C28H51NO21. The fourth-order valence-electron chi connectivity index (χ4n) is 6.11. The lowest BCUT2D eigenvalue weighted by Gasteiger charge is -2.49. The van der Waals surface area contributed by atoms with Gasteiger partial charge < -0.3 is 110 Å². The van der Waals surface area contributed by atoms with Crippen LogP contribution < -0.4 is 5.73 Å². The Morgan fingerprint density at radius 3 is 1.12 bits per heavy atom. The Morgan fingerprint density at radius 1 is 0.400 bits per heavy atom. The number of ether oxygens (including phenoxy) is 8. The van der Waals surface area contributed by atoms with E-state index < -0.39 is 149 Å². The molecule has 4 heterocycles. The van der Waals surface area contributed by atoms with Crippen LogP contribution in [0.25, 0.3) is 0 Å². The largest absolute Gasteiger partial charge is 0.394 e. The summed E-state index contributed by atoms with van der Waals surface area (Å²) in [7, 11) is 0. The van der Waals surface area contributed by atoms with Crippen LogP contribution in [0.2, 0.25) is 0 Å². The maximum Gasteiger partial charge on any atom is 0.187 e. The quantitative estimate of drug-likeness (QED) is 0.0694. The first-order valence-electron chi connectivity index (χ1n) is 16.3. The molecule has 4 fully saturated rings. The van der Waals surface area contributed by atoms with E-state index in [2.05, 4.69) is 0 Å². The van der Waals surface area contributed by atoms with Crippen molar-refractivity contribution in [1.82, 2.24) is 0 Å². The zero-order valence-electron chi connectivity index (χ0n) is 26.9. The normalized spacial score (nSPS) is 48.8. The van der Waals surface area contributed by atoms with Gasteiger partial charge in [-0.2, -0.15) is 0 Å². The van der Waals surface area contributed by atoms with Crippen molar-refractivity contribution in [2.24, 2.45) is 5.73 Å². The van der Waals surface area contributed by atoms with E-state index in [4.69, 9.17) is 43.6 Å². The summed E-state index contributed by atoms with van der Waals surface area (Å²) in [6.07, 6.45) is -33.0. The molecule has 20 atom stereocenters. The summed E-state index contributed by atoms with van der Waals surface area (Å²) >= 11 is 0. The minimum absolute atomic E-state index is 0.132. The Kier molecular flexibility index (Phi) is 15.9. The third-order valence-electron chi connectivity index (χ3n) is 9.06. The van der Waals surface area contributed by atoms with Crippen LogP contribution in [0.3, 0.4) is 0 Å². The average molecular weight is 738 g/mol. The lowest BCUT2D eigenvalue weighted by molar-refractivity contribution is -0.388. The van der Waals surface area contributed by atoms with Gasteiger partial charge in [-0.05, 0) is 19.4 Å². The van der Waals surface area contributed by atoms with Crippen molar-refractivity contribution in [1.29, 1.82) is 0 Å². The van der Waals surface area contributed by atoms with Crippen LogP contribution in [0.1, 0.15) is 12.8 Å². The van der Waals surface area contributed by atoms with Crippen molar-refractivity contribution in [3.05, 3.63) is 0 Å². The smallest absolute Gasteiger partial charge is 0.187 e. The highest BCUT2D eigenvalue weighted by Gasteiger charge is 2.55. The number of aliphatic hydroxyl groups excluding tert-OH is 13. The van der Waals surface area contributed by atoms with Crippen molar-refractivity contribution < 1.29 is 104 Å². The van der Waals surface area contributed by atoms with Crippen LogP contribution in [-0.2, 0) is 37.9 Å². The monoisotopic (exact) mass is 737 g/mol. The average Bonchev–Trinajstić information content (AvgIpc) is 3.11. The second kappa shape index (κ2) is 18.9. The molecule has 4 aliphatic heterocycles. The van der Waals surface area contributed by atoms with Gasteiger partial charge in [0.25, 0.3) is 0 Å². The topological polar surface area (TPSA) is 363 Å².